The molecule has 2 unspecified atom stereocenters. The highest BCUT2D eigenvalue weighted by Gasteiger charge is 2.37. The smallest absolute Gasteiger partial charge is 0.381 e. The summed E-state index contributed by atoms with van der Waals surface area (Å²) in [5.41, 5.74) is 2.99. The molecule has 3 fully saturated rings. The van der Waals surface area contributed by atoms with Gasteiger partial charge in [0.25, 0.3) is 0 Å². The van der Waals surface area contributed by atoms with Crippen LogP contribution in [-0.2, 0) is 11.3 Å². The predicted octanol–water partition coefficient (Wildman–Crippen LogP) is 5.49. The standard InChI is InChI=1S/C30H34ClN7O3/c1-2-18-8-10-19(11-9-18)16-38-25-24(20-5-3-7-22(31)15-20)32-27(28-35-30(39)41-36-28)33-26(25)34-29(38)37-13-4-6-21-17-40-14-12-23(21)37/h2-3,5,7,15,18-19,21,23H,1,4,6,8-14,16-17H2,(H,35,36,39). The van der Waals surface area contributed by atoms with Crippen molar-refractivity contribution in [2.24, 2.45) is 17.8 Å². The zero-order chi connectivity index (χ0) is 27.9. The summed E-state index contributed by atoms with van der Waals surface area (Å²) in [5.74, 6) is 2.29. The first-order valence-corrected chi connectivity index (χ1v) is 15.0. The number of imidazole rings is 1. The van der Waals surface area contributed by atoms with Crippen LogP contribution in [0.4, 0.5) is 5.95 Å². The summed E-state index contributed by atoms with van der Waals surface area (Å²) in [6, 6.07) is 8.03. The van der Waals surface area contributed by atoms with E-state index in [2.05, 4.69) is 32.3 Å². The zero-order valence-electron chi connectivity index (χ0n) is 23.0. The van der Waals surface area contributed by atoms with Crippen molar-refractivity contribution in [1.82, 2.24) is 29.7 Å². The van der Waals surface area contributed by atoms with Crippen molar-refractivity contribution in [2.45, 2.75) is 57.5 Å². The molecule has 1 aliphatic carbocycles. The van der Waals surface area contributed by atoms with Crippen molar-refractivity contribution in [2.75, 3.05) is 24.7 Å². The average molecular weight is 576 g/mol. The number of benzene rings is 1. The summed E-state index contributed by atoms with van der Waals surface area (Å²) in [5, 5.41) is 4.48. The summed E-state index contributed by atoms with van der Waals surface area (Å²) in [6.07, 6.45) is 9.94. The Morgan fingerprint density at radius 1 is 1.12 bits per heavy atom. The molecule has 2 aliphatic heterocycles. The SMILES string of the molecule is C=CC1CCC(Cn2c(N3CCCC4COCCC43)nc3nc(-c4noc(=O)[nH]4)nc(-c4cccc(Cl)c4)c32)CC1. The second-order valence-corrected chi connectivity index (χ2v) is 12.0. The van der Waals surface area contributed by atoms with Crippen LogP contribution in [0.15, 0.2) is 46.2 Å². The van der Waals surface area contributed by atoms with Gasteiger partial charge < -0.3 is 14.2 Å². The van der Waals surface area contributed by atoms with E-state index in [1.165, 1.54) is 6.42 Å². The molecular weight excluding hydrogens is 542 g/mol. The number of rotatable bonds is 6. The molecule has 0 radical (unpaired) electrons. The molecular formula is C30H34ClN7O3. The first-order chi connectivity index (χ1) is 20.1. The Labute approximate surface area is 242 Å². The molecule has 214 valence electrons. The summed E-state index contributed by atoms with van der Waals surface area (Å²) >= 11 is 6.46. The van der Waals surface area contributed by atoms with Crippen molar-refractivity contribution in [3.8, 4) is 22.9 Å². The van der Waals surface area contributed by atoms with E-state index in [-0.39, 0.29) is 11.6 Å². The van der Waals surface area contributed by atoms with Crippen LogP contribution in [-0.4, -0.2) is 55.5 Å². The van der Waals surface area contributed by atoms with Crippen molar-refractivity contribution in [3.05, 3.63) is 52.5 Å². The molecule has 0 spiro atoms. The summed E-state index contributed by atoms with van der Waals surface area (Å²) in [6.45, 7) is 7.37. The number of halogens is 1. The second kappa shape index (κ2) is 11.1. The Hall–Kier alpha value is -3.50. The lowest BCUT2D eigenvalue weighted by molar-refractivity contribution is 0.0278. The number of hydrogen-bond acceptors (Lipinski definition) is 8. The maximum absolute atomic E-state index is 11.8. The minimum atomic E-state index is -0.659. The molecule has 4 aromatic rings. The van der Waals surface area contributed by atoms with Crippen LogP contribution in [0.1, 0.15) is 44.9 Å². The van der Waals surface area contributed by atoms with Gasteiger partial charge in [-0.1, -0.05) is 35.0 Å². The van der Waals surface area contributed by atoms with Crippen LogP contribution in [0.2, 0.25) is 5.02 Å². The number of ether oxygens (including phenoxy) is 1. The second-order valence-electron chi connectivity index (χ2n) is 11.6. The molecule has 11 heteroatoms. The van der Waals surface area contributed by atoms with Crippen LogP contribution in [0.25, 0.3) is 34.1 Å². The van der Waals surface area contributed by atoms with Gasteiger partial charge in [0, 0.05) is 42.2 Å². The van der Waals surface area contributed by atoms with Gasteiger partial charge in [-0.15, -0.1) is 6.58 Å². The summed E-state index contributed by atoms with van der Waals surface area (Å²) < 4.78 is 13.0. The molecule has 2 saturated heterocycles. The third kappa shape index (κ3) is 5.08. The van der Waals surface area contributed by atoms with Crippen molar-refractivity contribution in [3.63, 3.8) is 0 Å². The fourth-order valence-electron chi connectivity index (χ4n) is 6.96. The van der Waals surface area contributed by atoms with E-state index in [4.69, 9.17) is 35.8 Å². The van der Waals surface area contributed by atoms with E-state index in [1.54, 1.807) is 0 Å². The highest BCUT2D eigenvalue weighted by Crippen LogP contribution is 2.39. The van der Waals surface area contributed by atoms with Gasteiger partial charge in [0.15, 0.2) is 5.65 Å². The van der Waals surface area contributed by atoms with Gasteiger partial charge >= 0.3 is 5.76 Å². The van der Waals surface area contributed by atoms with E-state index in [0.29, 0.717) is 40.2 Å². The number of nitrogens with one attached hydrogen (secondary N) is 1. The van der Waals surface area contributed by atoms with E-state index in [1.807, 2.05) is 24.3 Å². The van der Waals surface area contributed by atoms with Crippen LogP contribution in [0.5, 0.6) is 0 Å². The highest BCUT2D eigenvalue weighted by atomic mass is 35.5. The lowest BCUT2D eigenvalue weighted by Crippen LogP contribution is -2.50. The first-order valence-electron chi connectivity index (χ1n) is 14.6. The predicted molar refractivity (Wildman–Crippen MR) is 157 cm³/mol. The molecule has 0 bridgehead atoms. The monoisotopic (exact) mass is 575 g/mol. The lowest BCUT2D eigenvalue weighted by atomic mass is 9.82. The van der Waals surface area contributed by atoms with Crippen LogP contribution in [0, 0.1) is 17.8 Å². The van der Waals surface area contributed by atoms with Crippen LogP contribution >= 0.6 is 11.6 Å². The first kappa shape index (κ1) is 26.4. The summed E-state index contributed by atoms with van der Waals surface area (Å²) in [7, 11) is 0. The van der Waals surface area contributed by atoms with Gasteiger partial charge in [0.1, 0.15) is 11.2 Å². The Morgan fingerprint density at radius 2 is 2.00 bits per heavy atom. The van der Waals surface area contributed by atoms with E-state index >= 15 is 0 Å². The van der Waals surface area contributed by atoms with E-state index in [9.17, 15) is 4.79 Å². The number of anilines is 1. The average Bonchev–Trinajstić information content (AvgIpc) is 3.60. The molecule has 1 aromatic carbocycles. The molecule has 7 rings (SSSR count). The minimum Gasteiger partial charge on any atom is -0.381 e. The number of aromatic amines is 1. The molecule has 0 amide bonds. The topological polar surface area (TPSA) is 115 Å². The highest BCUT2D eigenvalue weighted by molar-refractivity contribution is 6.30. The molecule has 10 nitrogen and oxygen atoms in total. The van der Waals surface area contributed by atoms with Gasteiger partial charge in [-0.2, -0.15) is 4.98 Å². The number of nitrogens with zero attached hydrogens (tertiary/aromatic N) is 6. The number of fused-ring (bicyclic) bond motifs is 2. The van der Waals surface area contributed by atoms with Crippen molar-refractivity contribution >= 4 is 28.7 Å². The van der Waals surface area contributed by atoms with Gasteiger partial charge in [0.05, 0.1) is 6.61 Å². The number of allylic oxidation sites excluding steroid dienone is 1. The number of hydrogen-bond donors (Lipinski definition) is 1. The molecule has 3 aromatic heterocycles. The maximum atomic E-state index is 11.8. The summed E-state index contributed by atoms with van der Waals surface area (Å²) in [4.78, 5) is 31.9. The normalized spacial score (nSPS) is 24.9. The Kier molecular flexibility index (Phi) is 7.12. The molecule has 1 N–H and O–H groups in total. The van der Waals surface area contributed by atoms with Gasteiger partial charge in [-0.05, 0) is 68.9 Å². The Balaban J connectivity index is 1.42. The van der Waals surface area contributed by atoms with Crippen molar-refractivity contribution in [1.29, 1.82) is 0 Å². The fraction of sp³-hybridized carbons (Fsp3) is 0.500. The Morgan fingerprint density at radius 3 is 2.78 bits per heavy atom. The third-order valence-electron chi connectivity index (χ3n) is 9.06. The van der Waals surface area contributed by atoms with Gasteiger partial charge in [-0.25, -0.2) is 14.8 Å². The minimum absolute atomic E-state index is 0.168. The maximum Gasteiger partial charge on any atom is 0.439 e. The molecule has 1 saturated carbocycles. The van der Waals surface area contributed by atoms with Crippen LogP contribution in [0.3, 0.4) is 0 Å². The molecule has 41 heavy (non-hydrogen) atoms. The zero-order valence-corrected chi connectivity index (χ0v) is 23.7. The number of piperidine rings is 1. The third-order valence-corrected chi connectivity index (χ3v) is 9.30. The number of H-pyrrole nitrogens is 1. The largest absolute Gasteiger partial charge is 0.439 e. The van der Waals surface area contributed by atoms with E-state index < -0.39 is 5.76 Å². The molecule has 5 heterocycles. The Bertz CT molecular complexity index is 1620. The van der Waals surface area contributed by atoms with Gasteiger partial charge in [-0.3, -0.25) is 9.51 Å². The van der Waals surface area contributed by atoms with Crippen LogP contribution < -0.4 is 10.7 Å². The fourth-order valence-corrected chi connectivity index (χ4v) is 7.15. The van der Waals surface area contributed by atoms with Gasteiger partial charge in [0.2, 0.25) is 17.6 Å². The van der Waals surface area contributed by atoms with E-state index in [0.717, 1.165) is 81.9 Å². The van der Waals surface area contributed by atoms with Crippen molar-refractivity contribution < 1.29 is 9.26 Å². The quantitative estimate of drug-likeness (QED) is 0.300. The molecule has 2 atom stereocenters. The number of aromatic nitrogens is 6. The lowest BCUT2D eigenvalue weighted by Gasteiger charge is -2.44. The molecule has 3 aliphatic rings.